The number of nitrogens with one attached hydrogen (secondary N) is 1. The summed E-state index contributed by atoms with van der Waals surface area (Å²) in [6.07, 6.45) is 0.173. The number of ether oxygens (including phenoxy) is 2. The fraction of sp³-hybridized carbons (Fsp3) is 0.364. The van der Waals surface area contributed by atoms with Gasteiger partial charge in [0.2, 0.25) is 0 Å². The van der Waals surface area contributed by atoms with Crippen molar-refractivity contribution in [1.82, 2.24) is 5.32 Å². The summed E-state index contributed by atoms with van der Waals surface area (Å²) < 4.78 is 10.7. The Morgan fingerprint density at radius 3 is 2.18 bits per heavy atom. The molecule has 1 heterocycles. The van der Waals surface area contributed by atoms with Gasteiger partial charge in [-0.25, -0.2) is 4.79 Å². The summed E-state index contributed by atoms with van der Waals surface area (Å²) in [5.41, 5.74) is 3.63. The minimum Gasteiger partial charge on any atom is -0.481 e. The second-order valence-corrected chi connectivity index (χ2v) is 7.38. The first kappa shape index (κ1) is 18.5. The Hall–Kier alpha value is -2.86. The van der Waals surface area contributed by atoms with Crippen molar-refractivity contribution in [2.24, 2.45) is 5.41 Å². The number of fused-ring (bicyclic) bond motifs is 3. The zero-order valence-electron chi connectivity index (χ0n) is 15.5. The number of rotatable bonds is 5. The van der Waals surface area contributed by atoms with Gasteiger partial charge in [0.15, 0.2) is 0 Å². The van der Waals surface area contributed by atoms with E-state index in [4.69, 9.17) is 9.47 Å². The minimum absolute atomic E-state index is 0.0188. The summed E-state index contributed by atoms with van der Waals surface area (Å²) >= 11 is 0. The number of hydrogen-bond donors (Lipinski definition) is 2. The maximum absolute atomic E-state index is 12.3. The van der Waals surface area contributed by atoms with E-state index in [9.17, 15) is 14.7 Å². The number of carbonyl (C=O) groups is 2. The Balaban J connectivity index is 1.41. The lowest BCUT2D eigenvalue weighted by atomic mass is 9.80. The van der Waals surface area contributed by atoms with Crippen molar-refractivity contribution in [3.63, 3.8) is 0 Å². The van der Waals surface area contributed by atoms with Crippen LogP contribution in [-0.4, -0.2) is 43.5 Å². The van der Waals surface area contributed by atoms with Gasteiger partial charge in [-0.15, -0.1) is 0 Å². The predicted molar refractivity (Wildman–Crippen MR) is 103 cm³/mol. The van der Waals surface area contributed by atoms with E-state index >= 15 is 0 Å². The standard InChI is InChI=1S/C22H23NO5/c24-20(25)22(9-11-27-12-10-22)14-23-21(26)28-13-19-17-7-3-1-5-15(17)16-6-2-4-8-18(16)19/h1-8,19H,9-14H2,(H,23,26)(H,24,25). The molecule has 1 aliphatic heterocycles. The lowest BCUT2D eigenvalue weighted by Crippen LogP contribution is -2.46. The van der Waals surface area contributed by atoms with Crippen LogP contribution in [0.1, 0.15) is 29.9 Å². The highest BCUT2D eigenvalue weighted by Gasteiger charge is 2.40. The topological polar surface area (TPSA) is 84.9 Å². The molecule has 6 nitrogen and oxygen atoms in total. The fourth-order valence-corrected chi connectivity index (χ4v) is 4.12. The molecule has 0 aromatic heterocycles. The van der Waals surface area contributed by atoms with E-state index in [2.05, 4.69) is 29.6 Å². The second kappa shape index (κ2) is 7.64. The molecule has 0 unspecified atom stereocenters. The Bertz CT molecular complexity index is 843. The molecule has 146 valence electrons. The molecule has 1 fully saturated rings. The van der Waals surface area contributed by atoms with Gasteiger partial charge in [-0.3, -0.25) is 4.79 Å². The molecule has 0 radical (unpaired) electrons. The number of benzene rings is 2. The number of alkyl carbamates (subject to hydrolysis) is 1. The second-order valence-electron chi connectivity index (χ2n) is 7.38. The van der Waals surface area contributed by atoms with Gasteiger partial charge in [0.1, 0.15) is 6.61 Å². The molecular weight excluding hydrogens is 358 g/mol. The molecule has 0 bridgehead atoms. The first-order chi connectivity index (χ1) is 13.6. The average molecular weight is 381 g/mol. The fourth-order valence-electron chi connectivity index (χ4n) is 4.12. The highest BCUT2D eigenvalue weighted by Crippen LogP contribution is 2.44. The number of carbonyl (C=O) groups excluding carboxylic acids is 1. The van der Waals surface area contributed by atoms with Crippen LogP contribution in [0.25, 0.3) is 11.1 Å². The summed E-state index contributed by atoms with van der Waals surface area (Å²) in [6, 6.07) is 16.3. The summed E-state index contributed by atoms with van der Waals surface area (Å²) in [4.78, 5) is 24.0. The molecule has 0 saturated carbocycles. The van der Waals surface area contributed by atoms with Crippen LogP contribution in [0.5, 0.6) is 0 Å². The number of carboxylic acid groups (broad SMARTS) is 1. The van der Waals surface area contributed by atoms with E-state index in [0.717, 1.165) is 11.1 Å². The Kier molecular flexibility index (Phi) is 5.05. The van der Waals surface area contributed by atoms with Crippen LogP contribution in [0.3, 0.4) is 0 Å². The molecular formula is C22H23NO5. The van der Waals surface area contributed by atoms with Gasteiger partial charge in [-0.2, -0.15) is 0 Å². The van der Waals surface area contributed by atoms with Crippen LogP contribution in [0.2, 0.25) is 0 Å². The van der Waals surface area contributed by atoms with Crippen LogP contribution in [0.15, 0.2) is 48.5 Å². The van der Waals surface area contributed by atoms with Crippen LogP contribution in [0.4, 0.5) is 4.79 Å². The molecule has 1 amide bonds. The van der Waals surface area contributed by atoms with Crippen LogP contribution >= 0.6 is 0 Å². The molecule has 2 aromatic rings. The van der Waals surface area contributed by atoms with Crippen molar-refractivity contribution in [2.75, 3.05) is 26.4 Å². The van der Waals surface area contributed by atoms with Gasteiger partial charge < -0.3 is 19.9 Å². The van der Waals surface area contributed by atoms with Gasteiger partial charge in [-0.1, -0.05) is 48.5 Å². The minimum atomic E-state index is -0.982. The molecule has 28 heavy (non-hydrogen) atoms. The van der Waals surface area contributed by atoms with Gasteiger partial charge in [0, 0.05) is 25.7 Å². The molecule has 0 spiro atoms. The SMILES string of the molecule is O=C(NCC1(C(=O)O)CCOCC1)OCC1c2ccccc2-c2ccccc21. The maximum atomic E-state index is 12.3. The van der Waals surface area contributed by atoms with Crippen LogP contribution in [-0.2, 0) is 14.3 Å². The van der Waals surface area contributed by atoms with E-state index in [0.29, 0.717) is 26.1 Å². The van der Waals surface area contributed by atoms with Gasteiger partial charge in [-0.05, 0) is 35.1 Å². The van der Waals surface area contributed by atoms with E-state index in [-0.39, 0.29) is 19.1 Å². The molecule has 6 heteroatoms. The van der Waals surface area contributed by atoms with Crippen LogP contribution < -0.4 is 5.32 Å². The zero-order valence-corrected chi connectivity index (χ0v) is 15.5. The van der Waals surface area contributed by atoms with Gasteiger partial charge in [0.05, 0.1) is 5.41 Å². The zero-order chi connectivity index (χ0) is 19.6. The predicted octanol–water partition coefficient (Wildman–Crippen LogP) is 3.41. The quantitative estimate of drug-likeness (QED) is 0.829. The summed E-state index contributed by atoms with van der Waals surface area (Å²) in [5, 5.41) is 12.2. The van der Waals surface area contributed by atoms with Crippen molar-refractivity contribution >= 4 is 12.1 Å². The Morgan fingerprint density at radius 2 is 1.61 bits per heavy atom. The van der Waals surface area contributed by atoms with Crippen LogP contribution in [0, 0.1) is 5.41 Å². The third-order valence-corrected chi connectivity index (χ3v) is 5.82. The summed E-state index contributed by atoms with van der Waals surface area (Å²) in [6.45, 7) is 1.03. The normalized spacial score (nSPS) is 17.4. The van der Waals surface area contributed by atoms with Crippen molar-refractivity contribution in [3.05, 3.63) is 59.7 Å². The highest BCUT2D eigenvalue weighted by atomic mass is 16.5. The number of carboxylic acids is 1. The van der Waals surface area contributed by atoms with Gasteiger partial charge in [0.25, 0.3) is 0 Å². The molecule has 4 rings (SSSR count). The Morgan fingerprint density at radius 1 is 1.04 bits per heavy atom. The monoisotopic (exact) mass is 381 g/mol. The van der Waals surface area contributed by atoms with Crippen molar-refractivity contribution in [2.45, 2.75) is 18.8 Å². The molecule has 2 aliphatic rings. The molecule has 1 saturated heterocycles. The number of hydrogen-bond acceptors (Lipinski definition) is 4. The highest BCUT2D eigenvalue weighted by molar-refractivity contribution is 5.79. The van der Waals surface area contributed by atoms with E-state index in [1.165, 1.54) is 11.1 Å². The van der Waals surface area contributed by atoms with Crippen molar-refractivity contribution in [1.29, 1.82) is 0 Å². The smallest absolute Gasteiger partial charge is 0.407 e. The molecule has 2 aromatic carbocycles. The average Bonchev–Trinajstić information content (AvgIpc) is 3.05. The Labute approximate surface area is 163 Å². The van der Waals surface area contributed by atoms with E-state index < -0.39 is 17.5 Å². The molecule has 0 atom stereocenters. The van der Waals surface area contributed by atoms with E-state index in [1.54, 1.807) is 0 Å². The summed E-state index contributed by atoms with van der Waals surface area (Å²) in [7, 11) is 0. The number of aliphatic carboxylic acids is 1. The lowest BCUT2D eigenvalue weighted by molar-refractivity contribution is -0.154. The van der Waals surface area contributed by atoms with Crippen molar-refractivity contribution in [3.8, 4) is 11.1 Å². The third-order valence-electron chi connectivity index (χ3n) is 5.82. The van der Waals surface area contributed by atoms with Crippen molar-refractivity contribution < 1.29 is 24.2 Å². The number of amides is 1. The molecule has 1 aliphatic carbocycles. The van der Waals surface area contributed by atoms with E-state index in [1.807, 2.05) is 24.3 Å². The largest absolute Gasteiger partial charge is 0.481 e. The third kappa shape index (κ3) is 3.36. The van der Waals surface area contributed by atoms with Gasteiger partial charge >= 0.3 is 12.1 Å². The molecule has 2 N–H and O–H groups in total. The lowest BCUT2D eigenvalue weighted by Gasteiger charge is -2.32. The first-order valence-electron chi connectivity index (χ1n) is 9.51. The first-order valence-corrected chi connectivity index (χ1v) is 9.51. The maximum Gasteiger partial charge on any atom is 0.407 e. The summed E-state index contributed by atoms with van der Waals surface area (Å²) in [5.74, 6) is -0.926.